The number of hydrogen-bond donors (Lipinski definition) is 3. The number of aromatic nitrogens is 4. The highest BCUT2D eigenvalue weighted by Gasteiger charge is 2.05. The largest absolute Gasteiger partial charge is 0.397 e. The zero-order valence-corrected chi connectivity index (χ0v) is 9.59. The number of nitrogens with zero attached hydrogens (tertiary/aromatic N) is 3. The third-order valence-corrected chi connectivity index (χ3v) is 2.74. The van der Waals surface area contributed by atoms with Crippen molar-refractivity contribution in [1.29, 1.82) is 0 Å². The monoisotopic (exact) mass is 240 g/mol. The van der Waals surface area contributed by atoms with Crippen molar-refractivity contribution in [1.82, 2.24) is 20.2 Å². The zero-order valence-electron chi connectivity index (χ0n) is 9.59. The first-order chi connectivity index (χ1) is 8.84. The van der Waals surface area contributed by atoms with Crippen LogP contribution in [0.2, 0.25) is 0 Å². The Labute approximate surface area is 103 Å². The van der Waals surface area contributed by atoms with Crippen LogP contribution in [0.15, 0.2) is 36.8 Å². The Morgan fingerprint density at radius 2 is 2.17 bits per heavy atom. The summed E-state index contributed by atoms with van der Waals surface area (Å²) in [7, 11) is 0. The van der Waals surface area contributed by atoms with Gasteiger partial charge in [-0.05, 0) is 24.3 Å². The minimum absolute atomic E-state index is 0.552. The Hall–Kier alpha value is -2.63. The van der Waals surface area contributed by atoms with Crippen molar-refractivity contribution in [2.45, 2.75) is 6.54 Å². The van der Waals surface area contributed by atoms with Crippen molar-refractivity contribution in [2.75, 3.05) is 11.1 Å². The molecule has 18 heavy (non-hydrogen) atoms. The molecule has 0 aliphatic heterocycles. The van der Waals surface area contributed by atoms with E-state index in [2.05, 4.69) is 25.5 Å². The van der Waals surface area contributed by atoms with E-state index in [9.17, 15) is 0 Å². The van der Waals surface area contributed by atoms with Crippen LogP contribution in [-0.2, 0) is 6.54 Å². The highest BCUT2D eigenvalue weighted by atomic mass is 15.2. The number of hydrogen-bond acceptors (Lipinski definition) is 5. The molecule has 0 atom stereocenters. The van der Waals surface area contributed by atoms with Crippen molar-refractivity contribution in [3.8, 4) is 0 Å². The van der Waals surface area contributed by atoms with Crippen LogP contribution in [0.1, 0.15) is 5.82 Å². The predicted molar refractivity (Wildman–Crippen MR) is 69.9 cm³/mol. The molecule has 4 N–H and O–H groups in total. The average Bonchev–Trinajstić information content (AvgIpc) is 2.91. The summed E-state index contributed by atoms with van der Waals surface area (Å²) in [5.74, 6) is 0.765. The number of anilines is 2. The van der Waals surface area contributed by atoms with Crippen LogP contribution in [-0.4, -0.2) is 20.2 Å². The third-order valence-electron chi connectivity index (χ3n) is 2.74. The Morgan fingerprint density at radius 3 is 3.00 bits per heavy atom. The van der Waals surface area contributed by atoms with Crippen LogP contribution in [0.5, 0.6) is 0 Å². The Morgan fingerprint density at radius 1 is 1.22 bits per heavy atom. The van der Waals surface area contributed by atoms with Gasteiger partial charge in [0.25, 0.3) is 0 Å². The molecular weight excluding hydrogens is 228 g/mol. The lowest BCUT2D eigenvalue weighted by Crippen LogP contribution is -2.04. The van der Waals surface area contributed by atoms with Gasteiger partial charge in [-0.25, -0.2) is 4.98 Å². The van der Waals surface area contributed by atoms with Gasteiger partial charge in [0.05, 0.1) is 23.4 Å². The molecule has 0 unspecified atom stereocenters. The van der Waals surface area contributed by atoms with Crippen LogP contribution in [0.4, 0.5) is 11.4 Å². The molecule has 1 aromatic carbocycles. The molecule has 0 saturated carbocycles. The first-order valence-electron chi connectivity index (χ1n) is 5.56. The quantitative estimate of drug-likeness (QED) is 0.604. The lowest BCUT2D eigenvalue weighted by Gasteiger charge is -2.10. The van der Waals surface area contributed by atoms with Crippen molar-refractivity contribution in [3.05, 3.63) is 42.6 Å². The Bertz CT molecular complexity index is 661. The molecule has 0 aliphatic rings. The molecule has 0 saturated heterocycles. The molecule has 0 amide bonds. The molecule has 0 radical (unpaired) electrons. The lowest BCUT2D eigenvalue weighted by atomic mass is 10.1. The summed E-state index contributed by atoms with van der Waals surface area (Å²) >= 11 is 0. The fourth-order valence-electron chi connectivity index (χ4n) is 1.82. The van der Waals surface area contributed by atoms with Crippen molar-refractivity contribution in [2.24, 2.45) is 0 Å². The SMILES string of the molecule is Nc1c(NCc2ncn[nH]2)ccc2ncccc12. The molecule has 6 nitrogen and oxygen atoms in total. The van der Waals surface area contributed by atoms with Crippen molar-refractivity contribution < 1.29 is 0 Å². The predicted octanol–water partition coefficient (Wildman–Crippen LogP) is 1.55. The minimum Gasteiger partial charge on any atom is -0.397 e. The standard InChI is InChI=1S/C12H12N6/c13-12-8-2-1-5-14-9(8)3-4-10(12)15-6-11-16-7-17-18-11/h1-5,7,15H,6,13H2,(H,16,17,18). The first kappa shape index (κ1) is 10.5. The van der Waals surface area contributed by atoms with Gasteiger partial charge in [-0.1, -0.05) is 0 Å². The summed E-state index contributed by atoms with van der Waals surface area (Å²) < 4.78 is 0. The molecular formula is C12H12N6. The fraction of sp³-hybridized carbons (Fsp3) is 0.0833. The van der Waals surface area contributed by atoms with Gasteiger partial charge in [-0.15, -0.1) is 0 Å². The summed E-state index contributed by atoms with van der Waals surface area (Å²) in [5.41, 5.74) is 8.56. The second-order valence-corrected chi connectivity index (χ2v) is 3.88. The maximum atomic E-state index is 6.11. The summed E-state index contributed by atoms with van der Waals surface area (Å²) in [6.07, 6.45) is 3.23. The summed E-state index contributed by atoms with van der Waals surface area (Å²) in [6.45, 7) is 0.552. The summed E-state index contributed by atoms with van der Waals surface area (Å²) in [5, 5.41) is 10.7. The number of benzene rings is 1. The molecule has 0 fully saturated rings. The number of nitrogens with one attached hydrogen (secondary N) is 2. The maximum Gasteiger partial charge on any atom is 0.143 e. The van der Waals surface area contributed by atoms with E-state index < -0.39 is 0 Å². The van der Waals surface area contributed by atoms with E-state index in [1.807, 2.05) is 24.3 Å². The van der Waals surface area contributed by atoms with Crippen molar-refractivity contribution >= 4 is 22.3 Å². The average molecular weight is 240 g/mol. The topological polar surface area (TPSA) is 92.5 Å². The van der Waals surface area contributed by atoms with E-state index in [-0.39, 0.29) is 0 Å². The van der Waals surface area contributed by atoms with Gasteiger partial charge in [0, 0.05) is 11.6 Å². The number of rotatable bonds is 3. The van der Waals surface area contributed by atoms with E-state index in [1.165, 1.54) is 6.33 Å². The van der Waals surface area contributed by atoms with Crippen LogP contribution in [0.25, 0.3) is 10.9 Å². The number of H-pyrrole nitrogens is 1. The van der Waals surface area contributed by atoms with Gasteiger partial charge >= 0.3 is 0 Å². The normalized spacial score (nSPS) is 10.7. The molecule has 3 aromatic rings. The highest BCUT2D eigenvalue weighted by molar-refractivity contribution is 5.96. The van der Waals surface area contributed by atoms with E-state index in [0.29, 0.717) is 12.2 Å². The molecule has 2 aromatic heterocycles. The molecule has 2 heterocycles. The molecule has 90 valence electrons. The Kier molecular flexibility index (Phi) is 2.53. The molecule has 0 spiro atoms. The van der Waals surface area contributed by atoms with E-state index in [1.54, 1.807) is 6.20 Å². The second kappa shape index (κ2) is 4.33. The number of nitrogens with two attached hydrogens (primary N) is 1. The number of aromatic amines is 1. The smallest absolute Gasteiger partial charge is 0.143 e. The number of nitrogen functional groups attached to an aromatic ring is 1. The van der Waals surface area contributed by atoms with Crippen LogP contribution in [0.3, 0.4) is 0 Å². The van der Waals surface area contributed by atoms with Gasteiger partial charge in [0.2, 0.25) is 0 Å². The summed E-state index contributed by atoms with van der Waals surface area (Å²) in [4.78, 5) is 8.30. The van der Waals surface area contributed by atoms with Gasteiger partial charge in [-0.3, -0.25) is 10.1 Å². The van der Waals surface area contributed by atoms with E-state index in [4.69, 9.17) is 5.73 Å². The summed E-state index contributed by atoms with van der Waals surface area (Å²) in [6, 6.07) is 7.69. The fourth-order valence-corrected chi connectivity index (χ4v) is 1.82. The van der Waals surface area contributed by atoms with Crippen LogP contribution < -0.4 is 11.1 Å². The maximum absolute atomic E-state index is 6.11. The lowest BCUT2D eigenvalue weighted by molar-refractivity contribution is 0.955. The van der Waals surface area contributed by atoms with Gasteiger partial charge in [0.1, 0.15) is 12.2 Å². The van der Waals surface area contributed by atoms with Gasteiger partial charge < -0.3 is 11.1 Å². The number of fused-ring (bicyclic) bond motifs is 1. The minimum atomic E-state index is 0.552. The number of pyridine rings is 1. The zero-order chi connectivity index (χ0) is 12.4. The van der Waals surface area contributed by atoms with E-state index >= 15 is 0 Å². The second-order valence-electron chi connectivity index (χ2n) is 3.88. The van der Waals surface area contributed by atoms with Gasteiger partial charge in [0.15, 0.2) is 0 Å². The Balaban J connectivity index is 1.90. The van der Waals surface area contributed by atoms with Crippen LogP contribution >= 0.6 is 0 Å². The van der Waals surface area contributed by atoms with Crippen molar-refractivity contribution in [3.63, 3.8) is 0 Å². The molecule has 0 bridgehead atoms. The molecule has 6 heteroatoms. The molecule has 0 aliphatic carbocycles. The highest BCUT2D eigenvalue weighted by Crippen LogP contribution is 2.27. The third kappa shape index (κ3) is 1.84. The van der Waals surface area contributed by atoms with E-state index in [0.717, 1.165) is 22.4 Å². The first-order valence-corrected chi connectivity index (χ1v) is 5.56. The molecule has 3 rings (SSSR count). The van der Waals surface area contributed by atoms with Gasteiger partial charge in [-0.2, -0.15) is 5.10 Å². The van der Waals surface area contributed by atoms with Crippen LogP contribution in [0, 0.1) is 0 Å².